The molecule has 14 aromatic rings. The van der Waals surface area contributed by atoms with Crippen molar-refractivity contribution in [1.29, 1.82) is 0 Å². The average Bonchev–Trinajstić information content (AvgIpc) is 4.10. The minimum absolute atomic E-state index is 0.550. The molecule has 0 radical (unpaired) electrons. The Morgan fingerprint density at radius 3 is 1.62 bits per heavy atom. The maximum absolute atomic E-state index is 6.60. The second-order valence-electron chi connectivity index (χ2n) is 17.6. The molecule has 6 heteroatoms. The number of nitrogens with zero attached hydrogens (tertiary/aromatic N) is 4. The molecule has 4 heterocycles. The number of para-hydroxylation sites is 2. The van der Waals surface area contributed by atoms with E-state index in [1.54, 1.807) is 0 Å². The minimum atomic E-state index is 0.550. The van der Waals surface area contributed by atoms with E-state index >= 15 is 0 Å². The van der Waals surface area contributed by atoms with Crippen molar-refractivity contribution in [1.82, 2.24) is 19.5 Å². The van der Waals surface area contributed by atoms with Gasteiger partial charge in [-0.25, -0.2) is 15.0 Å². The summed E-state index contributed by atoms with van der Waals surface area (Å²) < 4.78 is 15.3. The lowest BCUT2D eigenvalue weighted by atomic mass is 9.99. The van der Waals surface area contributed by atoms with E-state index in [9.17, 15) is 0 Å². The molecule has 0 aliphatic heterocycles. The molecule has 0 fully saturated rings. The summed E-state index contributed by atoms with van der Waals surface area (Å²) in [6.07, 6.45) is 0. The SMILES string of the molecule is c1ccc(-c2ccc(-c3nc(-c4ccc5c(c4)oc4ccccc45)nc(-c4cccc5oc6ccc(-c7ccc8c(c7)c7ccccc7n8-c7cccc(-c8ccccc8)c7)cc6c45)n3)cc2)cc1. The van der Waals surface area contributed by atoms with Crippen molar-refractivity contribution in [3.05, 3.63) is 231 Å². The summed E-state index contributed by atoms with van der Waals surface area (Å²) in [6, 6.07) is 80.6. The maximum atomic E-state index is 6.60. The third kappa shape index (κ3) is 6.53. The molecule has 0 saturated carbocycles. The van der Waals surface area contributed by atoms with Gasteiger partial charge in [-0.1, -0.05) is 164 Å². The number of hydrogen-bond acceptors (Lipinski definition) is 5. The second kappa shape index (κ2) is 15.6. The highest BCUT2D eigenvalue weighted by Crippen LogP contribution is 2.41. The Labute approximate surface area is 396 Å². The Hall–Kier alpha value is -9.39. The smallest absolute Gasteiger partial charge is 0.164 e. The van der Waals surface area contributed by atoms with Crippen molar-refractivity contribution < 1.29 is 8.83 Å². The first-order valence-electron chi connectivity index (χ1n) is 23.2. The van der Waals surface area contributed by atoms with E-state index in [0.717, 1.165) is 99.5 Å². The molecule has 14 rings (SSSR count). The van der Waals surface area contributed by atoms with Crippen LogP contribution in [0.15, 0.2) is 239 Å². The van der Waals surface area contributed by atoms with E-state index < -0.39 is 0 Å². The molecule has 10 aromatic carbocycles. The lowest BCUT2D eigenvalue weighted by molar-refractivity contribution is 0.668. The highest BCUT2D eigenvalue weighted by Gasteiger charge is 2.20. The predicted octanol–water partition coefficient (Wildman–Crippen LogP) is 16.8. The lowest BCUT2D eigenvalue weighted by Gasteiger charge is -2.11. The molecule has 4 aromatic heterocycles. The predicted molar refractivity (Wildman–Crippen MR) is 281 cm³/mol. The topological polar surface area (TPSA) is 69.9 Å². The molecule has 0 aliphatic carbocycles. The number of benzene rings is 10. The van der Waals surface area contributed by atoms with Crippen molar-refractivity contribution in [2.24, 2.45) is 0 Å². The fourth-order valence-corrected chi connectivity index (χ4v) is 10.1. The molecular formula is C63H38N4O2. The molecule has 0 unspecified atom stereocenters. The van der Waals surface area contributed by atoms with Crippen LogP contribution < -0.4 is 0 Å². The molecule has 69 heavy (non-hydrogen) atoms. The molecule has 0 spiro atoms. The van der Waals surface area contributed by atoms with Crippen LogP contribution in [0.1, 0.15) is 0 Å². The Bertz CT molecular complexity index is 4300. The molecule has 0 saturated heterocycles. The molecule has 0 bridgehead atoms. The van der Waals surface area contributed by atoms with Gasteiger partial charge in [0.1, 0.15) is 22.3 Å². The Morgan fingerprint density at radius 1 is 0.275 bits per heavy atom. The van der Waals surface area contributed by atoms with E-state index in [1.807, 2.05) is 42.5 Å². The molecule has 0 N–H and O–H groups in total. The number of fused-ring (bicyclic) bond motifs is 9. The zero-order chi connectivity index (χ0) is 45.4. The van der Waals surface area contributed by atoms with Gasteiger partial charge in [0.15, 0.2) is 17.5 Å². The Balaban J connectivity index is 0.912. The molecular weight excluding hydrogens is 845 g/mol. The summed E-state index contributed by atoms with van der Waals surface area (Å²) in [5.41, 5.74) is 16.0. The van der Waals surface area contributed by atoms with Gasteiger partial charge in [0.25, 0.3) is 0 Å². The molecule has 0 atom stereocenters. The van der Waals surface area contributed by atoms with Crippen LogP contribution in [0.5, 0.6) is 0 Å². The fourth-order valence-electron chi connectivity index (χ4n) is 10.1. The third-order valence-corrected chi connectivity index (χ3v) is 13.5. The van der Waals surface area contributed by atoms with Crippen LogP contribution in [0.3, 0.4) is 0 Å². The Kier molecular flexibility index (Phi) is 8.79. The van der Waals surface area contributed by atoms with Crippen LogP contribution in [0, 0.1) is 0 Å². The average molecular weight is 883 g/mol. The molecule has 0 aliphatic rings. The highest BCUT2D eigenvalue weighted by atomic mass is 16.3. The van der Waals surface area contributed by atoms with Crippen molar-refractivity contribution in [2.45, 2.75) is 0 Å². The summed E-state index contributed by atoms with van der Waals surface area (Å²) in [6.45, 7) is 0. The number of aromatic nitrogens is 4. The van der Waals surface area contributed by atoms with Gasteiger partial charge in [-0.3, -0.25) is 0 Å². The normalized spacial score (nSPS) is 11.8. The monoisotopic (exact) mass is 882 g/mol. The number of furan rings is 2. The van der Waals surface area contributed by atoms with Crippen molar-refractivity contribution in [3.8, 4) is 73.2 Å². The minimum Gasteiger partial charge on any atom is -0.456 e. The maximum Gasteiger partial charge on any atom is 0.164 e. The summed E-state index contributed by atoms with van der Waals surface area (Å²) in [7, 11) is 0. The first-order valence-corrected chi connectivity index (χ1v) is 23.2. The summed E-state index contributed by atoms with van der Waals surface area (Å²) in [4.78, 5) is 15.6. The van der Waals surface area contributed by atoms with Gasteiger partial charge in [-0.05, 0) is 100 Å². The van der Waals surface area contributed by atoms with Gasteiger partial charge in [-0.2, -0.15) is 0 Å². The van der Waals surface area contributed by atoms with E-state index in [0.29, 0.717) is 17.5 Å². The van der Waals surface area contributed by atoms with Gasteiger partial charge >= 0.3 is 0 Å². The zero-order valence-electron chi connectivity index (χ0n) is 37.0. The standard InChI is InChI=1S/C63H38N4O2/c1-3-13-39(14-4-1)41-25-27-42(28-26-41)61-64-62(46-29-32-50-49-20-8-10-23-56(49)69-59(50)38-46)66-63(65-61)51-21-12-24-58-60(51)53-37-45(31-34-57(53)68-58)44-30-33-55-52(36-44)48-19-7-9-22-54(48)67(55)47-18-11-17-43(35-47)40-15-5-2-6-16-40/h1-38H. The van der Waals surface area contributed by atoms with Crippen LogP contribution in [-0.4, -0.2) is 19.5 Å². The van der Waals surface area contributed by atoms with Gasteiger partial charge in [0.2, 0.25) is 0 Å². The number of hydrogen-bond donors (Lipinski definition) is 0. The van der Waals surface area contributed by atoms with Gasteiger partial charge < -0.3 is 13.4 Å². The zero-order valence-corrected chi connectivity index (χ0v) is 37.0. The van der Waals surface area contributed by atoms with E-state index in [-0.39, 0.29) is 0 Å². The highest BCUT2D eigenvalue weighted by molar-refractivity contribution is 6.14. The molecule has 0 amide bonds. The van der Waals surface area contributed by atoms with Crippen LogP contribution in [0.2, 0.25) is 0 Å². The van der Waals surface area contributed by atoms with E-state index in [2.05, 4.69) is 193 Å². The van der Waals surface area contributed by atoms with Crippen LogP contribution in [-0.2, 0) is 0 Å². The second-order valence-corrected chi connectivity index (χ2v) is 17.6. The molecule has 322 valence electrons. The summed E-state index contributed by atoms with van der Waals surface area (Å²) in [5, 5.41) is 6.44. The first kappa shape index (κ1) is 38.8. The fraction of sp³-hybridized carbons (Fsp3) is 0. The first-order chi connectivity index (χ1) is 34.2. The van der Waals surface area contributed by atoms with Crippen LogP contribution >= 0.6 is 0 Å². The van der Waals surface area contributed by atoms with Gasteiger partial charge in [0.05, 0.1) is 11.0 Å². The quantitative estimate of drug-likeness (QED) is 0.159. The Morgan fingerprint density at radius 2 is 0.797 bits per heavy atom. The van der Waals surface area contributed by atoms with E-state index in [1.165, 1.54) is 21.9 Å². The number of rotatable bonds is 7. The van der Waals surface area contributed by atoms with Gasteiger partial charge in [0, 0.05) is 54.7 Å². The largest absolute Gasteiger partial charge is 0.456 e. The summed E-state index contributed by atoms with van der Waals surface area (Å²) >= 11 is 0. The van der Waals surface area contributed by atoms with Crippen molar-refractivity contribution in [2.75, 3.05) is 0 Å². The third-order valence-electron chi connectivity index (χ3n) is 13.5. The lowest BCUT2D eigenvalue weighted by Crippen LogP contribution is -2.00. The molecule has 6 nitrogen and oxygen atoms in total. The van der Waals surface area contributed by atoms with Crippen LogP contribution in [0.4, 0.5) is 0 Å². The van der Waals surface area contributed by atoms with Crippen molar-refractivity contribution >= 4 is 65.7 Å². The van der Waals surface area contributed by atoms with E-state index in [4.69, 9.17) is 23.8 Å². The summed E-state index contributed by atoms with van der Waals surface area (Å²) in [5.74, 6) is 1.68. The van der Waals surface area contributed by atoms with Crippen LogP contribution in [0.25, 0.3) is 139 Å². The van der Waals surface area contributed by atoms with Crippen molar-refractivity contribution in [3.63, 3.8) is 0 Å². The van der Waals surface area contributed by atoms with Gasteiger partial charge in [-0.15, -0.1) is 0 Å².